The lowest BCUT2D eigenvalue weighted by molar-refractivity contribution is 0.233. The monoisotopic (exact) mass is 274 g/mol. The zero-order valence-electron chi connectivity index (χ0n) is 10.5. The molecule has 0 bridgehead atoms. The first-order valence-electron chi connectivity index (χ1n) is 5.78. The first-order chi connectivity index (χ1) is 8.37. The maximum absolute atomic E-state index is 12.5. The second-order valence-electron chi connectivity index (χ2n) is 4.62. The standard InChI is InChI=1S/C10H18N4O3S/c1-7-9(10(11)12-13(7)2)18(16,17)14-4-3-8(5-14)6-15/h8,15H,3-6H2,1-2H3,(H2,11,12). The Hall–Kier alpha value is -1.12. The lowest BCUT2D eigenvalue weighted by Crippen LogP contribution is -2.30. The zero-order valence-corrected chi connectivity index (χ0v) is 11.3. The molecule has 1 saturated heterocycles. The highest BCUT2D eigenvalue weighted by molar-refractivity contribution is 7.89. The summed E-state index contributed by atoms with van der Waals surface area (Å²) in [6.45, 7) is 2.44. The summed E-state index contributed by atoms with van der Waals surface area (Å²) >= 11 is 0. The summed E-state index contributed by atoms with van der Waals surface area (Å²) in [7, 11) is -1.95. The predicted octanol–water partition coefficient (Wildman–Crippen LogP) is -0.686. The Balaban J connectivity index is 2.37. The van der Waals surface area contributed by atoms with E-state index in [4.69, 9.17) is 10.8 Å². The molecule has 1 aliphatic heterocycles. The number of nitrogens with two attached hydrogens (primary N) is 1. The van der Waals surface area contributed by atoms with Crippen LogP contribution in [-0.4, -0.2) is 47.3 Å². The summed E-state index contributed by atoms with van der Waals surface area (Å²) in [6, 6.07) is 0. The Morgan fingerprint density at radius 3 is 2.67 bits per heavy atom. The van der Waals surface area contributed by atoms with E-state index in [1.165, 1.54) is 8.99 Å². The van der Waals surface area contributed by atoms with Gasteiger partial charge in [0, 0.05) is 26.7 Å². The summed E-state index contributed by atoms with van der Waals surface area (Å²) in [5.41, 5.74) is 6.20. The van der Waals surface area contributed by atoms with Crippen LogP contribution in [0.5, 0.6) is 0 Å². The second kappa shape index (κ2) is 4.52. The number of aromatic nitrogens is 2. The Morgan fingerprint density at radius 1 is 1.56 bits per heavy atom. The fourth-order valence-electron chi connectivity index (χ4n) is 2.23. The molecule has 0 spiro atoms. The van der Waals surface area contributed by atoms with Crippen molar-refractivity contribution in [1.29, 1.82) is 0 Å². The molecular formula is C10H18N4O3S. The van der Waals surface area contributed by atoms with E-state index in [1.807, 2.05) is 0 Å². The van der Waals surface area contributed by atoms with Gasteiger partial charge in [0.25, 0.3) is 0 Å². The van der Waals surface area contributed by atoms with E-state index in [1.54, 1.807) is 14.0 Å². The van der Waals surface area contributed by atoms with E-state index in [9.17, 15) is 8.42 Å². The van der Waals surface area contributed by atoms with Crippen LogP contribution in [0.3, 0.4) is 0 Å². The fraction of sp³-hybridized carbons (Fsp3) is 0.700. The molecule has 3 N–H and O–H groups in total. The van der Waals surface area contributed by atoms with E-state index < -0.39 is 10.0 Å². The van der Waals surface area contributed by atoms with Gasteiger partial charge in [-0.15, -0.1) is 0 Å². The third-order valence-corrected chi connectivity index (χ3v) is 5.44. The molecule has 0 aromatic carbocycles. The number of aliphatic hydroxyl groups excluding tert-OH is 1. The normalized spacial score (nSPS) is 21.6. The van der Waals surface area contributed by atoms with Gasteiger partial charge in [0.2, 0.25) is 10.0 Å². The van der Waals surface area contributed by atoms with E-state index in [0.29, 0.717) is 25.2 Å². The van der Waals surface area contributed by atoms with Gasteiger partial charge in [-0.2, -0.15) is 9.40 Å². The number of hydrogen-bond acceptors (Lipinski definition) is 5. The minimum atomic E-state index is -3.61. The van der Waals surface area contributed by atoms with Gasteiger partial charge in [0.1, 0.15) is 4.90 Å². The van der Waals surface area contributed by atoms with Gasteiger partial charge >= 0.3 is 0 Å². The Kier molecular flexibility index (Phi) is 3.35. The molecule has 0 radical (unpaired) electrons. The van der Waals surface area contributed by atoms with Gasteiger partial charge in [0.05, 0.1) is 5.69 Å². The van der Waals surface area contributed by atoms with Crippen molar-refractivity contribution >= 4 is 15.8 Å². The first kappa shape index (κ1) is 13.3. The molecule has 0 saturated carbocycles. The summed E-state index contributed by atoms with van der Waals surface area (Å²) in [6.07, 6.45) is 0.676. The lowest BCUT2D eigenvalue weighted by atomic mass is 10.1. The fourth-order valence-corrected chi connectivity index (χ4v) is 4.05. The van der Waals surface area contributed by atoms with Crippen molar-refractivity contribution in [3.63, 3.8) is 0 Å². The van der Waals surface area contributed by atoms with E-state index in [-0.39, 0.29) is 23.2 Å². The smallest absolute Gasteiger partial charge is 0.248 e. The number of nitrogen functional groups attached to an aromatic ring is 1. The van der Waals surface area contributed by atoms with Gasteiger partial charge in [-0.05, 0) is 19.3 Å². The molecule has 1 fully saturated rings. The van der Waals surface area contributed by atoms with Gasteiger partial charge in [0.15, 0.2) is 5.82 Å². The van der Waals surface area contributed by atoms with Crippen LogP contribution in [-0.2, 0) is 17.1 Å². The van der Waals surface area contributed by atoms with Crippen LogP contribution in [0, 0.1) is 12.8 Å². The number of rotatable bonds is 3. The van der Waals surface area contributed by atoms with Crippen LogP contribution >= 0.6 is 0 Å². The second-order valence-corrected chi connectivity index (χ2v) is 6.50. The maximum atomic E-state index is 12.5. The van der Waals surface area contributed by atoms with E-state index in [0.717, 1.165) is 0 Å². The van der Waals surface area contributed by atoms with E-state index >= 15 is 0 Å². The largest absolute Gasteiger partial charge is 0.396 e. The van der Waals surface area contributed by atoms with Crippen LogP contribution in [0.1, 0.15) is 12.1 Å². The first-order valence-corrected chi connectivity index (χ1v) is 7.22. The van der Waals surface area contributed by atoms with Crippen molar-refractivity contribution < 1.29 is 13.5 Å². The molecule has 0 aliphatic carbocycles. The number of aryl methyl sites for hydroxylation is 1. The molecule has 1 aromatic heterocycles. The highest BCUT2D eigenvalue weighted by Crippen LogP contribution is 2.29. The summed E-state index contributed by atoms with van der Waals surface area (Å²) in [4.78, 5) is 0.0867. The average Bonchev–Trinajstić information content (AvgIpc) is 2.85. The molecule has 1 atom stereocenters. The predicted molar refractivity (Wildman–Crippen MR) is 66.3 cm³/mol. The summed E-state index contributed by atoms with van der Waals surface area (Å²) in [5, 5.41) is 13.0. The van der Waals surface area contributed by atoms with Crippen molar-refractivity contribution in [1.82, 2.24) is 14.1 Å². The molecule has 8 heteroatoms. The third kappa shape index (κ3) is 2.00. The molecule has 2 heterocycles. The SMILES string of the molecule is Cc1c(S(=O)(=O)N2CCC(CO)C2)c(N)nn1C. The molecular weight excluding hydrogens is 256 g/mol. The van der Waals surface area contributed by atoms with Crippen molar-refractivity contribution in [2.75, 3.05) is 25.4 Å². The molecule has 18 heavy (non-hydrogen) atoms. The van der Waals surface area contributed by atoms with E-state index in [2.05, 4.69) is 5.10 Å². The van der Waals surface area contributed by atoms with Crippen LogP contribution in [0.25, 0.3) is 0 Å². The Morgan fingerprint density at radius 2 is 2.22 bits per heavy atom. The number of nitrogens with zero attached hydrogens (tertiary/aromatic N) is 3. The minimum absolute atomic E-state index is 0.00746. The van der Waals surface area contributed by atoms with Crippen molar-refractivity contribution in [2.45, 2.75) is 18.2 Å². The van der Waals surface area contributed by atoms with Crippen molar-refractivity contribution in [3.05, 3.63) is 5.69 Å². The topological polar surface area (TPSA) is 101 Å². The number of sulfonamides is 1. The summed E-state index contributed by atoms with van der Waals surface area (Å²) in [5.74, 6) is 0.0421. The molecule has 102 valence electrons. The van der Waals surface area contributed by atoms with Gasteiger partial charge in [-0.25, -0.2) is 8.42 Å². The maximum Gasteiger partial charge on any atom is 0.248 e. The molecule has 1 aliphatic rings. The van der Waals surface area contributed by atoms with Gasteiger partial charge in [-0.1, -0.05) is 0 Å². The number of anilines is 1. The Bertz CT molecular complexity index is 552. The van der Waals surface area contributed by atoms with Crippen molar-refractivity contribution in [2.24, 2.45) is 13.0 Å². The molecule has 1 unspecified atom stereocenters. The number of aliphatic hydroxyl groups is 1. The number of hydrogen-bond donors (Lipinski definition) is 2. The Labute approximate surface area is 106 Å². The quantitative estimate of drug-likeness (QED) is 0.760. The molecule has 0 amide bonds. The highest BCUT2D eigenvalue weighted by Gasteiger charge is 2.35. The molecule has 7 nitrogen and oxygen atoms in total. The third-order valence-electron chi connectivity index (χ3n) is 3.41. The van der Waals surface area contributed by atoms with Gasteiger partial charge < -0.3 is 10.8 Å². The van der Waals surface area contributed by atoms with Crippen molar-refractivity contribution in [3.8, 4) is 0 Å². The highest BCUT2D eigenvalue weighted by atomic mass is 32.2. The van der Waals surface area contributed by atoms with Crippen LogP contribution < -0.4 is 5.73 Å². The zero-order chi connectivity index (χ0) is 13.5. The molecule has 1 aromatic rings. The molecule has 2 rings (SSSR count). The lowest BCUT2D eigenvalue weighted by Gasteiger charge is -2.16. The van der Waals surface area contributed by atoms with Crippen LogP contribution in [0.2, 0.25) is 0 Å². The summed E-state index contributed by atoms with van der Waals surface area (Å²) < 4.78 is 27.8. The minimum Gasteiger partial charge on any atom is -0.396 e. The van der Waals surface area contributed by atoms with Crippen LogP contribution in [0.4, 0.5) is 5.82 Å². The van der Waals surface area contributed by atoms with Gasteiger partial charge in [-0.3, -0.25) is 4.68 Å². The average molecular weight is 274 g/mol. The van der Waals surface area contributed by atoms with Crippen LogP contribution in [0.15, 0.2) is 4.90 Å².